The van der Waals surface area contributed by atoms with E-state index in [0.717, 1.165) is 34.5 Å². The Morgan fingerprint density at radius 3 is 2.57 bits per heavy atom. The Balaban J connectivity index is 1.65. The van der Waals surface area contributed by atoms with Gasteiger partial charge in [-0.15, -0.1) is 0 Å². The number of morpholine rings is 1. The summed E-state index contributed by atoms with van der Waals surface area (Å²) >= 11 is 3.50. The van der Waals surface area contributed by atoms with Crippen LogP contribution in [0.4, 0.5) is 11.4 Å². The Morgan fingerprint density at radius 2 is 1.86 bits per heavy atom. The van der Waals surface area contributed by atoms with E-state index in [1.807, 2.05) is 36.4 Å². The van der Waals surface area contributed by atoms with E-state index in [1.165, 1.54) is 0 Å². The summed E-state index contributed by atoms with van der Waals surface area (Å²) in [5, 5.41) is 3.06. The Bertz CT molecular complexity index is 822. The maximum Gasteiger partial charge on any atom is 0.224 e. The van der Waals surface area contributed by atoms with Gasteiger partial charge in [0.2, 0.25) is 5.91 Å². The predicted molar refractivity (Wildman–Crippen MR) is 114 cm³/mol. The number of halogens is 1. The number of hydrogen-bond acceptors (Lipinski definition) is 5. The van der Waals surface area contributed by atoms with Crippen LogP contribution in [0.15, 0.2) is 40.9 Å². The summed E-state index contributed by atoms with van der Waals surface area (Å²) in [5.41, 5.74) is 2.86. The molecule has 1 heterocycles. The van der Waals surface area contributed by atoms with Crippen molar-refractivity contribution in [3.8, 4) is 11.5 Å². The Morgan fingerprint density at radius 1 is 1.11 bits per heavy atom. The molecule has 7 heteroatoms. The fourth-order valence-corrected chi connectivity index (χ4v) is 3.56. The second-order valence-electron chi connectivity index (χ2n) is 6.50. The first-order chi connectivity index (χ1) is 13.6. The molecule has 1 fully saturated rings. The fraction of sp³-hybridized carbons (Fsp3) is 0.381. The highest BCUT2D eigenvalue weighted by Gasteiger charge is 2.16. The number of hydrogen-bond donors (Lipinski definition) is 1. The van der Waals surface area contributed by atoms with E-state index in [4.69, 9.17) is 14.2 Å². The molecule has 2 aromatic carbocycles. The number of aryl methyl sites for hydroxylation is 1. The van der Waals surface area contributed by atoms with Crippen LogP contribution in [0.25, 0.3) is 0 Å². The molecule has 6 nitrogen and oxygen atoms in total. The summed E-state index contributed by atoms with van der Waals surface area (Å²) in [6.45, 7) is 3.03. The predicted octanol–water partition coefficient (Wildman–Crippen LogP) is 3.87. The van der Waals surface area contributed by atoms with Gasteiger partial charge in [-0.05, 0) is 42.3 Å². The van der Waals surface area contributed by atoms with E-state index < -0.39 is 0 Å². The number of anilines is 2. The third kappa shape index (κ3) is 5.17. The highest BCUT2D eigenvalue weighted by molar-refractivity contribution is 9.10. The largest absolute Gasteiger partial charge is 0.493 e. The monoisotopic (exact) mass is 448 g/mol. The topological polar surface area (TPSA) is 60.0 Å². The van der Waals surface area contributed by atoms with Gasteiger partial charge in [-0.3, -0.25) is 4.79 Å². The van der Waals surface area contributed by atoms with E-state index in [1.54, 1.807) is 14.2 Å². The molecule has 0 unspecified atom stereocenters. The van der Waals surface area contributed by atoms with Crippen LogP contribution in [0.1, 0.15) is 12.0 Å². The van der Waals surface area contributed by atoms with Crippen molar-refractivity contribution in [1.82, 2.24) is 0 Å². The van der Waals surface area contributed by atoms with E-state index >= 15 is 0 Å². The highest BCUT2D eigenvalue weighted by atomic mass is 79.9. The van der Waals surface area contributed by atoms with Gasteiger partial charge in [0.25, 0.3) is 0 Å². The van der Waals surface area contributed by atoms with Crippen molar-refractivity contribution in [2.24, 2.45) is 0 Å². The van der Waals surface area contributed by atoms with E-state index in [9.17, 15) is 4.79 Å². The lowest BCUT2D eigenvalue weighted by atomic mass is 10.1. The molecule has 1 aliphatic rings. The molecule has 1 aliphatic heterocycles. The zero-order chi connectivity index (χ0) is 19.9. The van der Waals surface area contributed by atoms with Crippen LogP contribution in [0.3, 0.4) is 0 Å². The Kier molecular flexibility index (Phi) is 7.17. The van der Waals surface area contributed by atoms with Crippen LogP contribution in [-0.4, -0.2) is 46.4 Å². The van der Waals surface area contributed by atoms with Gasteiger partial charge in [0.15, 0.2) is 11.5 Å². The molecule has 0 bridgehead atoms. The quantitative estimate of drug-likeness (QED) is 0.696. The number of methoxy groups -OCH3 is 2. The van der Waals surface area contributed by atoms with E-state index in [2.05, 4.69) is 26.1 Å². The molecule has 28 heavy (non-hydrogen) atoms. The van der Waals surface area contributed by atoms with Crippen molar-refractivity contribution < 1.29 is 19.0 Å². The minimum absolute atomic E-state index is 0.0256. The Labute approximate surface area is 173 Å². The molecular formula is C21H25BrN2O4. The van der Waals surface area contributed by atoms with Gasteiger partial charge in [-0.25, -0.2) is 0 Å². The smallest absolute Gasteiger partial charge is 0.224 e. The van der Waals surface area contributed by atoms with Crippen molar-refractivity contribution in [2.45, 2.75) is 12.8 Å². The van der Waals surface area contributed by atoms with Crippen molar-refractivity contribution in [1.29, 1.82) is 0 Å². The first-order valence-corrected chi connectivity index (χ1v) is 10.0. The number of amides is 1. The summed E-state index contributed by atoms with van der Waals surface area (Å²) < 4.78 is 16.9. The molecule has 3 rings (SSSR count). The molecule has 1 amide bonds. The molecule has 0 radical (unpaired) electrons. The summed E-state index contributed by atoms with van der Waals surface area (Å²) in [6, 6.07) is 11.7. The Hall–Kier alpha value is -2.25. The molecule has 0 atom stereocenters. The van der Waals surface area contributed by atoms with Gasteiger partial charge in [0.1, 0.15) is 0 Å². The summed E-state index contributed by atoms with van der Waals surface area (Å²) in [7, 11) is 3.21. The number of carbonyl (C=O) groups is 1. The number of carbonyl (C=O) groups excluding carboxylic acids is 1. The average Bonchev–Trinajstić information content (AvgIpc) is 2.72. The molecule has 1 N–H and O–H groups in total. The van der Waals surface area contributed by atoms with Crippen molar-refractivity contribution >= 4 is 33.2 Å². The zero-order valence-electron chi connectivity index (χ0n) is 16.2. The van der Waals surface area contributed by atoms with Crippen LogP contribution in [0, 0.1) is 0 Å². The first-order valence-electron chi connectivity index (χ1n) is 9.23. The van der Waals surface area contributed by atoms with Crippen LogP contribution in [-0.2, 0) is 16.0 Å². The van der Waals surface area contributed by atoms with Gasteiger partial charge < -0.3 is 24.4 Å². The molecular weight excluding hydrogens is 424 g/mol. The van der Waals surface area contributed by atoms with Crippen LogP contribution >= 0.6 is 15.9 Å². The van der Waals surface area contributed by atoms with E-state index in [-0.39, 0.29) is 5.91 Å². The summed E-state index contributed by atoms with van der Waals surface area (Å²) in [5.74, 6) is 1.32. The second kappa shape index (κ2) is 9.80. The van der Waals surface area contributed by atoms with Crippen molar-refractivity contribution in [3.05, 3.63) is 46.4 Å². The standard InChI is InChI=1S/C21H25BrN2O4/c1-26-19-7-3-15(13-20(19)27-2)4-8-21(25)23-17-14-16(22)5-6-18(17)24-9-11-28-12-10-24/h3,5-7,13-14H,4,8-12H2,1-2H3,(H,23,25). The van der Waals surface area contributed by atoms with Crippen LogP contribution in [0.2, 0.25) is 0 Å². The van der Waals surface area contributed by atoms with Gasteiger partial charge in [0.05, 0.1) is 38.8 Å². The minimum Gasteiger partial charge on any atom is -0.493 e. The maximum atomic E-state index is 12.6. The molecule has 150 valence electrons. The van der Waals surface area contributed by atoms with Crippen LogP contribution < -0.4 is 19.7 Å². The zero-order valence-corrected chi connectivity index (χ0v) is 17.8. The molecule has 2 aromatic rings. The average molecular weight is 449 g/mol. The third-order valence-corrected chi connectivity index (χ3v) is 5.17. The maximum absolute atomic E-state index is 12.6. The first kappa shape index (κ1) is 20.5. The van der Waals surface area contributed by atoms with Crippen LogP contribution in [0.5, 0.6) is 11.5 Å². The van der Waals surface area contributed by atoms with Crippen molar-refractivity contribution in [2.75, 3.05) is 50.7 Å². The van der Waals surface area contributed by atoms with Crippen molar-refractivity contribution in [3.63, 3.8) is 0 Å². The van der Waals surface area contributed by atoms with E-state index in [0.29, 0.717) is 37.6 Å². The number of nitrogens with one attached hydrogen (secondary N) is 1. The fourth-order valence-electron chi connectivity index (χ4n) is 3.20. The lowest BCUT2D eigenvalue weighted by Crippen LogP contribution is -2.36. The van der Waals surface area contributed by atoms with Gasteiger partial charge in [0, 0.05) is 24.0 Å². The third-order valence-electron chi connectivity index (χ3n) is 4.67. The number of benzene rings is 2. The lowest BCUT2D eigenvalue weighted by molar-refractivity contribution is -0.116. The van der Waals surface area contributed by atoms with Gasteiger partial charge >= 0.3 is 0 Å². The number of ether oxygens (including phenoxy) is 3. The highest BCUT2D eigenvalue weighted by Crippen LogP contribution is 2.31. The number of rotatable bonds is 7. The molecule has 0 saturated carbocycles. The second-order valence-corrected chi connectivity index (χ2v) is 7.41. The van der Waals surface area contributed by atoms with Gasteiger partial charge in [-0.1, -0.05) is 22.0 Å². The molecule has 0 aliphatic carbocycles. The number of nitrogens with zero attached hydrogens (tertiary/aromatic N) is 1. The summed E-state index contributed by atoms with van der Waals surface area (Å²) in [4.78, 5) is 14.8. The molecule has 1 saturated heterocycles. The summed E-state index contributed by atoms with van der Waals surface area (Å²) in [6.07, 6.45) is 0.998. The minimum atomic E-state index is -0.0256. The lowest BCUT2D eigenvalue weighted by Gasteiger charge is -2.30. The molecule has 0 aromatic heterocycles. The molecule has 0 spiro atoms. The van der Waals surface area contributed by atoms with Gasteiger partial charge in [-0.2, -0.15) is 0 Å². The normalized spacial score (nSPS) is 13.9. The SMILES string of the molecule is COc1ccc(CCC(=O)Nc2cc(Br)ccc2N2CCOCC2)cc1OC.